The fourth-order valence-corrected chi connectivity index (χ4v) is 3.91. The molecule has 3 atom stereocenters. The van der Waals surface area contributed by atoms with Crippen LogP contribution in [0.1, 0.15) is 37.4 Å². The van der Waals surface area contributed by atoms with E-state index in [2.05, 4.69) is 10.3 Å². The summed E-state index contributed by atoms with van der Waals surface area (Å²) < 4.78 is 5.29. The zero-order valence-electron chi connectivity index (χ0n) is 15.8. The number of aliphatic hydroxyl groups is 1. The summed E-state index contributed by atoms with van der Waals surface area (Å²) >= 11 is 0. The third kappa shape index (κ3) is 5.95. The van der Waals surface area contributed by atoms with Gasteiger partial charge in [0.1, 0.15) is 5.75 Å². The van der Waals surface area contributed by atoms with E-state index in [-0.39, 0.29) is 37.2 Å². The molecule has 1 saturated heterocycles. The van der Waals surface area contributed by atoms with Crippen LogP contribution in [0.5, 0.6) is 5.75 Å². The highest BCUT2D eigenvalue weighted by molar-refractivity contribution is 5.85. The van der Waals surface area contributed by atoms with E-state index in [0.717, 1.165) is 48.1 Å². The number of pyridine rings is 1. The fourth-order valence-electron chi connectivity index (χ4n) is 3.91. The molecule has 2 aromatic rings. The standard InChI is InChI=1S/C20H26N2O4.2ClH/c1-26-15-3-4-18-17(11-15)16(7-9-22-18)19(23)5-2-13-6-8-21-12-14(13)10-20(24)25;;/h3-4,7,9,11,13-14,19,21,23H,2,5-6,8,10,12H2,1H3,(H,24,25);2*1H. The highest BCUT2D eigenvalue weighted by atomic mass is 35.5. The van der Waals surface area contributed by atoms with Gasteiger partial charge in [-0.25, -0.2) is 0 Å². The van der Waals surface area contributed by atoms with Crippen molar-refractivity contribution in [1.29, 1.82) is 0 Å². The number of methoxy groups -OCH3 is 1. The molecular weight excluding hydrogens is 403 g/mol. The van der Waals surface area contributed by atoms with Crippen LogP contribution in [0.15, 0.2) is 30.5 Å². The Morgan fingerprint density at radius 3 is 2.82 bits per heavy atom. The molecule has 0 bridgehead atoms. The molecule has 1 aromatic heterocycles. The number of carboxylic acid groups (broad SMARTS) is 1. The first-order chi connectivity index (χ1) is 12.6. The van der Waals surface area contributed by atoms with Crippen LogP contribution in [-0.2, 0) is 4.79 Å². The molecule has 0 amide bonds. The number of halogens is 2. The quantitative estimate of drug-likeness (QED) is 0.621. The average molecular weight is 431 g/mol. The topological polar surface area (TPSA) is 91.7 Å². The maximum Gasteiger partial charge on any atom is 0.303 e. The van der Waals surface area contributed by atoms with Crippen molar-refractivity contribution < 1.29 is 19.7 Å². The van der Waals surface area contributed by atoms with Crippen molar-refractivity contribution in [2.24, 2.45) is 11.8 Å². The number of ether oxygens (including phenoxy) is 1. The maximum atomic E-state index is 11.1. The van der Waals surface area contributed by atoms with Gasteiger partial charge in [-0.15, -0.1) is 24.8 Å². The first-order valence-corrected chi connectivity index (χ1v) is 9.11. The number of rotatable bonds is 7. The van der Waals surface area contributed by atoms with Crippen molar-refractivity contribution in [3.8, 4) is 5.75 Å². The Morgan fingerprint density at radius 1 is 1.32 bits per heavy atom. The summed E-state index contributed by atoms with van der Waals surface area (Å²) in [4.78, 5) is 15.4. The van der Waals surface area contributed by atoms with Crippen molar-refractivity contribution in [3.63, 3.8) is 0 Å². The second-order valence-electron chi connectivity index (χ2n) is 6.99. The third-order valence-electron chi connectivity index (χ3n) is 5.35. The number of piperidine rings is 1. The first-order valence-electron chi connectivity index (χ1n) is 9.11. The Hall–Kier alpha value is -1.60. The molecule has 1 fully saturated rings. The van der Waals surface area contributed by atoms with Crippen LogP contribution in [0.3, 0.4) is 0 Å². The summed E-state index contributed by atoms with van der Waals surface area (Å²) in [5.41, 5.74) is 1.67. The number of aliphatic carboxylic acids is 1. The van der Waals surface area contributed by atoms with Crippen LogP contribution in [0.2, 0.25) is 0 Å². The number of aliphatic hydroxyl groups excluding tert-OH is 1. The molecule has 28 heavy (non-hydrogen) atoms. The molecule has 0 saturated carbocycles. The van der Waals surface area contributed by atoms with Gasteiger partial charge in [-0.3, -0.25) is 9.78 Å². The molecule has 3 unspecified atom stereocenters. The lowest BCUT2D eigenvalue weighted by Crippen LogP contribution is -2.37. The number of carbonyl (C=O) groups is 1. The van der Waals surface area contributed by atoms with Crippen LogP contribution >= 0.6 is 24.8 Å². The summed E-state index contributed by atoms with van der Waals surface area (Å²) in [6.07, 6.45) is 3.67. The van der Waals surface area contributed by atoms with E-state index < -0.39 is 12.1 Å². The van der Waals surface area contributed by atoms with Gasteiger partial charge in [0, 0.05) is 18.0 Å². The van der Waals surface area contributed by atoms with Gasteiger partial charge in [0.05, 0.1) is 18.7 Å². The Labute approximate surface area is 177 Å². The molecule has 1 aliphatic heterocycles. The SMILES string of the molecule is COc1ccc2nccc(C(O)CCC3CCNCC3CC(=O)O)c2c1.Cl.Cl. The second-order valence-corrected chi connectivity index (χ2v) is 6.99. The third-order valence-corrected chi connectivity index (χ3v) is 5.35. The second kappa shape index (κ2) is 11.4. The smallest absolute Gasteiger partial charge is 0.303 e. The van der Waals surface area contributed by atoms with Gasteiger partial charge in [-0.1, -0.05) is 0 Å². The van der Waals surface area contributed by atoms with E-state index in [1.807, 2.05) is 24.3 Å². The van der Waals surface area contributed by atoms with Crippen LogP contribution in [-0.4, -0.2) is 41.4 Å². The number of hydrogen-bond donors (Lipinski definition) is 3. The van der Waals surface area contributed by atoms with E-state index in [0.29, 0.717) is 12.3 Å². The van der Waals surface area contributed by atoms with Crippen molar-refractivity contribution in [1.82, 2.24) is 10.3 Å². The lowest BCUT2D eigenvalue weighted by atomic mass is 9.80. The normalized spacial score (nSPS) is 19.9. The number of nitrogens with zero attached hydrogens (tertiary/aromatic N) is 1. The molecule has 1 aromatic carbocycles. The van der Waals surface area contributed by atoms with Crippen molar-refractivity contribution in [2.45, 2.75) is 31.8 Å². The first kappa shape index (κ1) is 24.4. The lowest BCUT2D eigenvalue weighted by molar-refractivity contribution is -0.138. The largest absolute Gasteiger partial charge is 0.497 e. The number of aromatic nitrogens is 1. The zero-order valence-corrected chi connectivity index (χ0v) is 17.5. The Morgan fingerprint density at radius 2 is 2.11 bits per heavy atom. The summed E-state index contributed by atoms with van der Waals surface area (Å²) in [7, 11) is 1.62. The predicted molar refractivity (Wildman–Crippen MR) is 114 cm³/mol. The highest BCUT2D eigenvalue weighted by Gasteiger charge is 2.27. The van der Waals surface area contributed by atoms with Crippen LogP contribution in [0.25, 0.3) is 10.9 Å². The Kier molecular flexibility index (Phi) is 9.96. The van der Waals surface area contributed by atoms with Crippen LogP contribution in [0.4, 0.5) is 0 Å². The summed E-state index contributed by atoms with van der Waals surface area (Å²) in [6.45, 7) is 1.65. The van der Waals surface area contributed by atoms with Crippen LogP contribution < -0.4 is 10.1 Å². The summed E-state index contributed by atoms with van der Waals surface area (Å²) in [6, 6.07) is 7.50. The molecule has 3 N–H and O–H groups in total. The number of nitrogens with one attached hydrogen (secondary N) is 1. The Bertz CT molecular complexity index is 775. The van der Waals surface area contributed by atoms with Gasteiger partial charge < -0.3 is 20.3 Å². The molecule has 0 aliphatic carbocycles. The maximum absolute atomic E-state index is 11.1. The van der Waals surface area contributed by atoms with Gasteiger partial charge in [0.15, 0.2) is 0 Å². The minimum absolute atomic E-state index is 0. The highest BCUT2D eigenvalue weighted by Crippen LogP contribution is 2.33. The van der Waals surface area contributed by atoms with E-state index in [4.69, 9.17) is 9.84 Å². The van der Waals surface area contributed by atoms with Crippen molar-refractivity contribution >= 4 is 41.7 Å². The number of carboxylic acids is 1. The van der Waals surface area contributed by atoms with Gasteiger partial charge in [0.2, 0.25) is 0 Å². The minimum atomic E-state index is -0.753. The van der Waals surface area contributed by atoms with Crippen molar-refractivity contribution in [3.05, 3.63) is 36.0 Å². The number of fused-ring (bicyclic) bond motifs is 1. The summed E-state index contributed by atoms with van der Waals surface area (Å²) in [5, 5.41) is 24.1. The molecule has 2 heterocycles. The Balaban J connectivity index is 0.00000196. The average Bonchev–Trinajstić information content (AvgIpc) is 2.65. The molecule has 6 nitrogen and oxygen atoms in total. The zero-order chi connectivity index (χ0) is 18.5. The van der Waals surface area contributed by atoms with Gasteiger partial charge in [-0.05, 0) is 74.0 Å². The van der Waals surface area contributed by atoms with Crippen molar-refractivity contribution in [2.75, 3.05) is 20.2 Å². The van der Waals surface area contributed by atoms with Gasteiger partial charge in [0.25, 0.3) is 0 Å². The van der Waals surface area contributed by atoms with Gasteiger partial charge >= 0.3 is 5.97 Å². The lowest BCUT2D eigenvalue weighted by Gasteiger charge is -2.32. The van der Waals surface area contributed by atoms with Crippen LogP contribution in [0, 0.1) is 11.8 Å². The van der Waals surface area contributed by atoms with E-state index in [9.17, 15) is 9.90 Å². The number of benzene rings is 1. The fraction of sp³-hybridized carbons (Fsp3) is 0.500. The van der Waals surface area contributed by atoms with E-state index >= 15 is 0 Å². The molecular formula is C20H28Cl2N2O4. The molecule has 0 spiro atoms. The molecule has 0 radical (unpaired) electrons. The predicted octanol–water partition coefficient (Wildman–Crippen LogP) is 3.60. The van der Waals surface area contributed by atoms with Gasteiger partial charge in [-0.2, -0.15) is 0 Å². The molecule has 156 valence electrons. The summed E-state index contributed by atoms with van der Waals surface area (Å²) in [5.74, 6) is 0.433. The monoisotopic (exact) mass is 430 g/mol. The molecule has 1 aliphatic rings. The molecule has 3 rings (SSSR count). The molecule has 8 heteroatoms. The number of hydrogen-bond acceptors (Lipinski definition) is 5. The van der Waals surface area contributed by atoms with E-state index in [1.165, 1.54) is 0 Å². The van der Waals surface area contributed by atoms with E-state index in [1.54, 1.807) is 13.3 Å². The minimum Gasteiger partial charge on any atom is -0.497 e.